The maximum Gasteiger partial charge on any atom is 0.258 e. The van der Waals surface area contributed by atoms with Crippen LogP contribution in [0.3, 0.4) is 0 Å². The Kier molecular flexibility index (Phi) is 7.61. The Bertz CT molecular complexity index is 1660. The Hall–Kier alpha value is -3.48. The van der Waals surface area contributed by atoms with Crippen molar-refractivity contribution in [3.05, 3.63) is 51.7 Å². The van der Waals surface area contributed by atoms with Gasteiger partial charge in [0.1, 0.15) is 16.5 Å². The van der Waals surface area contributed by atoms with Crippen LogP contribution in [-0.2, 0) is 9.84 Å². The Labute approximate surface area is 234 Å². The molecule has 1 amide bonds. The highest BCUT2D eigenvalue weighted by Crippen LogP contribution is 2.35. The highest BCUT2D eigenvalue weighted by molar-refractivity contribution is 7.91. The molecule has 0 bridgehead atoms. The quantitative estimate of drug-likeness (QED) is 0.353. The predicted molar refractivity (Wildman–Crippen MR) is 148 cm³/mol. The first kappa shape index (κ1) is 27.1. The zero-order valence-electron chi connectivity index (χ0n) is 20.8. The summed E-state index contributed by atoms with van der Waals surface area (Å²) < 4.78 is 29.0. The third kappa shape index (κ3) is 6.75. The van der Waals surface area contributed by atoms with Crippen molar-refractivity contribution in [2.24, 2.45) is 5.92 Å². The molecule has 1 aromatic carbocycles. The highest BCUT2D eigenvalue weighted by Gasteiger charge is 2.33. The Morgan fingerprint density at radius 1 is 1.18 bits per heavy atom. The number of carbonyl (C=O) groups excluding carboxylic acids is 1. The van der Waals surface area contributed by atoms with Crippen LogP contribution in [-0.4, -0.2) is 58.8 Å². The first-order valence-corrected chi connectivity index (χ1v) is 15.1. The molecule has 1 aliphatic heterocycles. The zero-order valence-corrected chi connectivity index (χ0v) is 23.2. The van der Waals surface area contributed by atoms with Gasteiger partial charge < -0.3 is 9.84 Å². The summed E-state index contributed by atoms with van der Waals surface area (Å²) in [6.45, 7) is 0. The standard InChI is InChI=1S/C27H23ClN4O5S2/c1-37-22-16-29-23(28)15-21(22)20-14-18(8-9-27(34)10-12-39(35,36)13-11-27)4-6-19(20)25(33)30-26-32-31-24(38-26)7-5-17-2-3-17/h4,6,14-17,34H,2-3,10-13H2,1H3,(H,30,32,33). The summed E-state index contributed by atoms with van der Waals surface area (Å²) in [6.07, 6.45) is 3.74. The van der Waals surface area contributed by atoms with Gasteiger partial charge in [0.2, 0.25) is 5.13 Å². The van der Waals surface area contributed by atoms with Crippen LogP contribution in [0.1, 0.15) is 46.6 Å². The van der Waals surface area contributed by atoms with Crippen molar-refractivity contribution >= 4 is 43.8 Å². The monoisotopic (exact) mass is 582 g/mol. The van der Waals surface area contributed by atoms with E-state index >= 15 is 0 Å². The van der Waals surface area contributed by atoms with Gasteiger partial charge in [0.15, 0.2) is 14.8 Å². The number of ether oxygens (including phenoxy) is 1. The molecule has 0 unspecified atom stereocenters. The van der Waals surface area contributed by atoms with Gasteiger partial charge in [0.25, 0.3) is 5.91 Å². The van der Waals surface area contributed by atoms with Crippen molar-refractivity contribution < 1.29 is 23.1 Å². The first-order valence-electron chi connectivity index (χ1n) is 12.1. The summed E-state index contributed by atoms with van der Waals surface area (Å²) in [4.78, 5) is 17.4. The summed E-state index contributed by atoms with van der Waals surface area (Å²) in [7, 11) is -1.67. The van der Waals surface area contributed by atoms with Gasteiger partial charge in [0.05, 0.1) is 24.8 Å². The molecule has 1 aliphatic carbocycles. The number of nitrogens with zero attached hydrogens (tertiary/aromatic N) is 3. The molecule has 0 spiro atoms. The van der Waals surface area contributed by atoms with Gasteiger partial charge in [0, 0.05) is 35.4 Å². The molecule has 0 atom stereocenters. The number of hydrogen-bond acceptors (Lipinski definition) is 9. The van der Waals surface area contributed by atoms with Gasteiger partial charge in [-0.1, -0.05) is 40.7 Å². The van der Waals surface area contributed by atoms with Crippen LogP contribution in [0.2, 0.25) is 5.15 Å². The van der Waals surface area contributed by atoms with E-state index in [1.165, 1.54) is 24.6 Å². The summed E-state index contributed by atoms with van der Waals surface area (Å²) >= 11 is 7.37. The van der Waals surface area contributed by atoms with E-state index < -0.39 is 21.3 Å². The number of halogens is 1. The molecule has 3 aromatic rings. The minimum absolute atomic E-state index is 0.0400. The molecular weight excluding hydrogens is 560 g/mol. The number of aromatic nitrogens is 3. The van der Waals surface area contributed by atoms with E-state index in [9.17, 15) is 18.3 Å². The molecule has 200 valence electrons. The second-order valence-electron chi connectivity index (χ2n) is 9.31. The van der Waals surface area contributed by atoms with Gasteiger partial charge >= 0.3 is 0 Å². The molecule has 9 nitrogen and oxygen atoms in total. The van der Waals surface area contributed by atoms with E-state index in [-0.39, 0.29) is 29.5 Å². The van der Waals surface area contributed by atoms with Crippen molar-refractivity contribution in [3.63, 3.8) is 0 Å². The average molecular weight is 583 g/mol. The fourth-order valence-corrected chi connectivity index (χ4v) is 6.16. The highest BCUT2D eigenvalue weighted by atomic mass is 35.5. The van der Waals surface area contributed by atoms with Gasteiger partial charge in [-0.3, -0.25) is 10.1 Å². The molecule has 39 heavy (non-hydrogen) atoms. The maximum atomic E-state index is 13.4. The van der Waals surface area contributed by atoms with Crippen LogP contribution in [0.25, 0.3) is 11.1 Å². The van der Waals surface area contributed by atoms with Crippen LogP contribution in [0.15, 0.2) is 30.5 Å². The summed E-state index contributed by atoms with van der Waals surface area (Å²) in [6, 6.07) is 6.52. The minimum Gasteiger partial charge on any atom is -0.494 e. The number of benzene rings is 1. The molecule has 1 saturated heterocycles. The van der Waals surface area contributed by atoms with Crippen LogP contribution in [0, 0.1) is 29.6 Å². The van der Waals surface area contributed by atoms with Crippen LogP contribution in [0.4, 0.5) is 5.13 Å². The number of methoxy groups -OCH3 is 1. The lowest BCUT2D eigenvalue weighted by molar-refractivity contribution is 0.0906. The molecule has 1 saturated carbocycles. The van der Waals surface area contributed by atoms with Gasteiger partial charge in [-0.25, -0.2) is 13.4 Å². The summed E-state index contributed by atoms with van der Waals surface area (Å²) in [5, 5.41) is 22.7. The van der Waals surface area contributed by atoms with Gasteiger partial charge in [-0.2, -0.15) is 0 Å². The molecule has 2 aliphatic rings. The topological polar surface area (TPSA) is 131 Å². The van der Waals surface area contributed by atoms with Gasteiger partial charge in [-0.05, 0) is 48.6 Å². The number of nitrogens with one attached hydrogen (secondary N) is 1. The SMILES string of the molecule is COc1cnc(Cl)cc1-c1cc(C#CC2(O)CCS(=O)(=O)CC2)ccc1C(=O)Nc1nnc(C#CC2CC2)s1. The smallest absolute Gasteiger partial charge is 0.258 e. The fourth-order valence-electron chi connectivity index (χ4n) is 3.90. The van der Waals surface area contributed by atoms with E-state index in [0.717, 1.165) is 12.8 Å². The number of sulfone groups is 1. The Balaban J connectivity index is 1.48. The van der Waals surface area contributed by atoms with Crippen LogP contribution >= 0.6 is 22.9 Å². The summed E-state index contributed by atoms with van der Waals surface area (Å²) in [5.74, 6) is 12.0. The van der Waals surface area contributed by atoms with Gasteiger partial charge in [-0.15, -0.1) is 10.2 Å². The lowest BCUT2D eigenvalue weighted by Gasteiger charge is -2.26. The van der Waals surface area contributed by atoms with E-state index in [1.54, 1.807) is 24.3 Å². The third-order valence-electron chi connectivity index (χ3n) is 6.31. The van der Waals surface area contributed by atoms with Crippen molar-refractivity contribution in [1.82, 2.24) is 15.2 Å². The maximum absolute atomic E-state index is 13.4. The Morgan fingerprint density at radius 2 is 1.95 bits per heavy atom. The predicted octanol–water partition coefficient (Wildman–Crippen LogP) is 3.57. The van der Waals surface area contributed by atoms with Crippen molar-refractivity contribution in [2.75, 3.05) is 23.9 Å². The van der Waals surface area contributed by atoms with Crippen molar-refractivity contribution in [1.29, 1.82) is 0 Å². The van der Waals surface area contributed by atoms with Crippen molar-refractivity contribution in [2.45, 2.75) is 31.3 Å². The second kappa shape index (κ2) is 10.9. The normalized spacial score (nSPS) is 17.2. The number of amides is 1. The average Bonchev–Trinajstić information content (AvgIpc) is 3.65. The van der Waals surface area contributed by atoms with E-state index in [0.29, 0.717) is 44.1 Å². The largest absolute Gasteiger partial charge is 0.494 e. The molecular formula is C27H23ClN4O5S2. The molecule has 0 radical (unpaired) electrons. The number of anilines is 1. The molecule has 2 N–H and O–H groups in total. The number of hydrogen-bond donors (Lipinski definition) is 2. The molecule has 2 fully saturated rings. The first-order chi connectivity index (χ1) is 18.6. The Morgan fingerprint density at radius 3 is 2.67 bits per heavy atom. The third-order valence-corrected chi connectivity index (χ3v) is 8.92. The van der Waals surface area contributed by atoms with Crippen molar-refractivity contribution in [3.8, 4) is 40.6 Å². The van der Waals surface area contributed by atoms with Crippen LogP contribution in [0.5, 0.6) is 5.75 Å². The lowest BCUT2D eigenvalue weighted by Crippen LogP contribution is -2.37. The number of pyridine rings is 1. The summed E-state index contributed by atoms with van der Waals surface area (Å²) in [5.41, 5.74) is 0.382. The minimum atomic E-state index is -3.16. The molecule has 2 aromatic heterocycles. The number of carbonyl (C=O) groups is 1. The fraction of sp³-hybridized carbons (Fsp3) is 0.333. The number of rotatable bonds is 4. The number of aliphatic hydroxyl groups is 1. The molecule has 5 rings (SSSR count). The molecule has 3 heterocycles. The lowest BCUT2D eigenvalue weighted by atomic mass is 9.95. The van der Waals surface area contributed by atoms with E-state index in [2.05, 4.69) is 44.2 Å². The molecule has 12 heteroatoms. The zero-order chi connectivity index (χ0) is 27.6. The van der Waals surface area contributed by atoms with Crippen LogP contribution < -0.4 is 10.1 Å². The second-order valence-corrected chi connectivity index (χ2v) is 13.0. The van der Waals surface area contributed by atoms with E-state index in [4.69, 9.17) is 16.3 Å². The van der Waals surface area contributed by atoms with E-state index in [1.807, 2.05) is 0 Å².